The number of carbonyl (C=O) groups is 1. The lowest BCUT2D eigenvalue weighted by Gasteiger charge is -2.37. The van der Waals surface area contributed by atoms with Crippen molar-refractivity contribution in [1.29, 1.82) is 0 Å². The third-order valence-electron chi connectivity index (χ3n) is 3.67. The van der Waals surface area contributed by atoms with E-state index in [1.807, 2.05) is 44.2 Å². The quantitative estimate of drug-likeness (QED) is 0.738. The molecular weight excluding hydrogens is 224 g/mol. The van der Waals surface area contributed by atoms with Crippen LogP contribution in [0.25, 0.3) is 5.76 Å². The van der Waals surface area contributed by atoms with Gasteiger partial charge in [0.2, 0.25) is 0 Å². The van der Waals surface area contributed by atoms with E-state index in [-0.39, 0.29) is 11.9 Å². The number of allylic oxidation sites excluding steroid dienone is 1. The van der Waals surface area contributed by atoms with Crippen molar-refractivity contribution in [3.63, 3.8) is 0 Å². The lowest BCUT2D eigenvalue weighted by molar-refractivity contribution is -0.151. The van der Waals surface area contributed by atoms with Crippen molar-refractivity contribution >= 4 is 11.7 Å². The van der Waals surface area contributed by atoms with E-state index in [1.54, 1.807) is 0 Å². The van der Waals surface area contributed by atoms with Crippen LogP contribution in [0.5, 0.6) is 0 Å². The Kier molecular flexibility index (Phi) is 3.29. The minimum absolute atomic E-state index is 0.137. The molecule has 0 N–H and O–H groups in total. The van der Waals surface area contributed by atoms with Crippen LogP contribution >= 0.6 is 0 Å². The first-order valence-corrected chi connectivity index (χ1v) is 6.42. The highest BCUT2D eigenvalue weighted by Gasteiger charge is 2.42. The Morgan fingerprint density at radius 1 is 1.17 bits per heavy atom. The summed E-state index contributed by atoms with van der Waals surface area (Å²) in [6.45, 7) is 8.20. The summed E-state index contributed by atoms with van der Waals surface area (Å²) >= 11 is 0. The van der Waals surface area contributed by atoms with Gasteiger partial charge in [0.05, 0.1) is 5.41 Å². The summed E-state index contributed by atoms with van der Waals surface area (Å²) in [4.78, 5) is 12.2. The van der Waals surface area contributed by atoms with Gasteiger partial charge < -0.3 is 4.74 Å². The molecule has 18 heavy (non-hydrogen) atoms. The lowest BCUT2D eigenvalue weighted by atomic mass is 9.71. The Hall–Kier alpha value is -1.57. The maximum atomic E-state index is 12.2. The van der Waals surface area contributed by atoms with E-state index in [1.165, 1.54) is 0 Å². The van der Waals surface area contributed by atoms with Gasteiger partial charge in [-0.25, -0.2) is 0 Å². The Bertz CT molecular complexity index is 469. The number of hydrogen-bond donors (Lipinski definition) is 0. The number of ether oxygens (including phenoxy) is 1. The molecule has 2 heteroatoms. The van der Waals surface area contributed by atoms with E-state index in [0.717, 1.165) is 5.56 Å². The van der Waals surface area contributed by atoms with Gasteiger partial charge in [-0.15, -0.1) is 0 Å². The van der Waals surface area contributed by atoms with E-state index in [0.29, 0.717) is 11.7 Å². The van der Waals surface area contributed by atoms with Crippen molar-refractivity contribution in [2.75, 3.05) is 0 Å². The Balaban J connectivity index is 2.42. The van der Waals surface area contributed by atoms with Crippen LogP contribution in [0.3, 0.4) is 0 Å². The molecule has 1 heterocycles. The molecule has 0 aliphatic carbocycles. The molecule has 1 aliphatic heterocycles. The first kappa shape index (κ1) is 12.9. The second-order valence-electron chi connectivity index (χ2n) is 5.78. The Labute approximate surface area is 109 Å². The summed E-state index contributed by atoms with van der Waals surface area (Å²) in [6.07, 6.45) is 2.10. The number of carbonyl (C=O) groups excluding carboxylic acids is 1. The number of cyclic esters (lactones) is 1. The highest BCUT2D eigenvalue weighted by Crippen LogP contribution is 2.41. The summed E-state index contributed by atoms with van der Waals surface area (Å²) < 4.78 is 5.49. The molecule has 0 spiro atoms. The molecule has 1 aromatic rings. The monoisotopic (exact) mass is 244 g/mol. The maximum absolute atomic E-state index is 12.2. The molecule has 0 radical (unpaired) electrons. The molecule has 0 bridgehead atoms. The van der Waals surface area contributed by atoms with Crippen molar-refractivity contribution in [1.82, 2.24) is 0 Å². The van der Waals surface area contributed by atoms with E-state index in [2.05, 4.69) is 19.9 Å². The van der Waals surface area contributed by atoms with Gasteiger partial charge in [0.15, 0.2) is 0 Å². The highest BCUT2D eigenvalue weighted by atomic mass is 16.5. The van der Waals surface area contributed by atoms with Gasteiger partial charge in [0.25, 0.3) is 0 Å². The highest BCUT2D eigenvalue weighted by molar-refractivity contribution is 5.85. The van der Waals surface area contributed by atoms with Crippen LogP contribution < -0.4 is 0 Å². The molecule has 0 saturated heterocycles. The van der Waals surface area contributed by atoms with Crippen molar-refractivity contribution in [2.24, 2.45) is 17.3 Å². The molecular formula is C16H20O2. The fourth-order valence-corrected chi connectivity index (χ4v) is 2.56. The van der Waals surface area contributed by atoms with Crippen LogP contribution in [0, 0.1) is 17.3 Å². The van der Waals surface area contributed by atoms with Crippen LogP contribution in [0.2, 0.25) is 0 Å². The summed E-state index contributed by atoms with van der Waals surface area (Å²) in [5.74, 6) is 1.17. The maximum Gasteiger partial charge on any atom is 0.317 e. The van der Waals surface area contributed by atoms with Crippen molar-refractivity contribution in [2.45, 2.75) is 27.7 Å². The number of rotatable bonds is 2. The van der Waals surface area contributed by atoms with Gasteiger partial charge >= 0.3 is 5.97 Å². The minimum Gasteiger partial charge on any atom is -0.426 e. The average Bonchev–Trinajstić information content (AvgIpc) is 2.33. The van der Waals surface area contributed by atoms with Gasteiger partial charge in [-0.05, 0) is 31.8 Å². The molecule has 96 valence electrons. The van der Waals surface area contributed by atoms with E-state index >= 15 is 0 Å². The van der Waals surface area contributed by atoms with Gasteiger partial charge in [0, 0.05) is 5.56 Å². The third kappa shape index (κ3) is 2.20. The lowest BCUT2D eigenvalue weighted by Crippen LogP contribution is -2.39. The molecule has 0 amide bonds. The number of hydrogen-bond acceptors (Lipinski definition) is 2. The van der Waals surface area contributed by atoms with Crippen molar-refractivity contribution < 1.29 is 9.53 Å². The molecule has 2 rings (SSSR count). The third-order valence-corrected chi connectivity index (χ3v) is 3.67. The van der Waals surface area contributed by atoms with E-state index < -0.39 is 5.41 Å². The summed E-state index contributed by atoms with van der Waals surface area (Å²) in [5.41, 5.74) is 0.513. The van der Waals surface area contributed by atoms with Crippen LogP contribution in [-0.4, -0.2) is 5.97 Å². The molecule has 0 fully saturated rings. The molecule has 0 saturated carbocycles. The molecule has 1 atom stereocenters. The molecule has 1 aromatic carbocycles. The normalized spacial score (nSPS) is 22.6. The SMILES string of the molecule is CC(C)C1C=C(c2ccccc2)OC(=O)C1(C)C. The zero-order chi connectivity index (χ0) is 13.3. The smallest absolute Gasteiger partial charge is 0.317 e. The van der Waals surface area contributed by atoms with Gasteiger partial charge in [-0.1, -0.05) is 44.2 Å². The first-order valence-electron chi connectivity index (χ1n) is 6.42. The summed E-state index contributed by atoms with van der Waals surface area (Å²) in [7, 11) is 0. The van der Waals surface area contributed by atoms with E-state index in [9.17, 15) is 4.79 Å². The Morgan fingerprint density at radius 2 is 1.78 bits per heavy atom. The van der Waals surface area contributed by atoms with E-state index in [4.69, 9.17) is 4.74 Å². The second-order valence-corrected chi connectivity index (χ2v) is 5.78. The predicted molar refractivity (Wildman–Crippen MR) is 72.6 cm³/mol. The zero-order valence-electron chi connectivity index (χ0n) is 11.4. The average molecular weight is 244 g/mol. The molecule has 1 unspecified atom stereocenters. The van der Waals surface area contributed by atoms with Crippen molar-refractivity contribution in [3.8, 4) is 0 Å². The fourth-order valence-electron chi connectivity index (χ4n) is 2.56. The van der Waals surface area contributed by atoms with Gasteiger partial charge in [-0.3, -0.25) is 4.79 Å². The standard InChI is InChI=1S/C16H20O2/c1-11(2)13-10-14(12-8-6-5-7-9-12)18-15(17)16(13,3)4/h5-11,13H,1-4H3. The number of benzene rings is 1. The zero-order valence-corrected chi connectivity index (χ0v) is 11.4. The summed E-state index contributed by atoms with van der Waals surface area (Å²) in [6, 6.07) is 9.80. The first-order chi connectivity index (χ1) is 8.43. The van der Waals surface area contributed by atoms with Gasteiger partial charge in [0.1, 0.15) is 5.76 Å². The van der Waals surface area contributed by atoms with Crippen LogP contribution in [-0.2, 0) is 9.53 Å². The van der Waals surface area contributed by atoms with Crippen LogP contribution in [0.15, 0.2) is 36.4 Å². The Morgan fingerprint density at radius 3 is 2.33 bits per heavy atom. The van der Waals surface area contributed by atoms with Crippen molar-refractivity contribution in [3.05, 3.63) is 42.0 Å². The summed E-state index contributed by atoms with van der Waals surface area (Å²) in [5, 5.41) is 0. The van der Waals surface area contributed by atoms with Crippen LogP contribution in [0.4, 0.5) is 0 Å². The predicted octanol–water partition coefficient (Wildman–Crippen LogP) is 3.88. The largest absolute Gasteiger partial charge is 0.426 e. The van der Waals surface area contributed by atoms with Gasteiger partial charge in [-0.2, -0.15) is 0 Å². The minimum atomic E-state index is -0.452. The number of esters is 1. The molecule has 2 nitrogen and oxygen atoms in total. The topological polar surface area (TPSA) is 26.3 Å². The molecule has 0 aromatic heterocycles. The second kappa shape index (κ2) is 4.60. The molecule has 1 aliphatic rings. The fraction of sp³-hybridized carbons (Fsp3) is 0.438. The van der Waals surface area contributed by atoms with Crippen LogP contribution in [0.1, 0.15) is 33.3 Å².